The first-order valence-corrected chi connectivity index (χ1v) is 11.8. The Morgan fingerprint density at radius 2 is 1.88 bits per heavy atom. The summed E-state index contributed by atoms with van der Waals surface area (Å²) in [6, 6.07) is 11.9. The summed E-state index contributed by atoms with van der Waals surface area (Å²) in [7, 11) is 2.20. The van der Waals surface area contributed by atoms with Crippen LogP contribution < -0.4 is 5.32 Å². The molecule has 2 fully saturated rings. The molecule has 0 radical (unpaired) electrons. The minimum atomic E-state index is 0.0886. The molecule has 1 amide bonds. The van der Waals surface area contributed by atoms with Gasteiger partial charge in [-0.1, -0.05) is 12.1 Å². The van der Waals surface area contributed by atoms with Crippen molar-refractivity contribution >= 4 is 22.5 Å². The van der Waals surface area contributed by atoms with E-state index in [1.807, 2.05) is 36.5 Å². The molecule has 2 aliphatic rings. The van der Waals surface area contributed by atoms with Gasteiger partial charge in [-0.25, -0.2) is 4.98 Å². The predicted octanol–water partition coefficient (Wildman–Crippen LogP) is 4.49. The number of carbonyl (C=O) groups is 1. The quantitative estimate of drug-likeness (QED) is 0.644. The maximum absolute atomic E-state index is 12.9. The van der Waals surface area contributed by atoms with Gasteiger partial charge in [0, 0.05) is 55.8 Å². The molecule has 3 heterocycles. The maximum atomic E-state index is 12.9. The maximum Gasteiger partial charge on any atom is 0.228 e. The summed E-state index contributed by atoms with van der Waals surface area (Å²) in [6.07, 6.45) is 7.73. The molecule has 0 atom stereocenters. The topological polar surface area (TPSA) is 61.6 Å². The smallest absolute Gasteiger partial charge is 0.228 e. The number of likely N-dealkylation sites (N-methyl/N-ethyl adjacent to an activating group) is 1. The summed E-state index contributed by atoms with van der Waals surface area (Å²) in [5.41, 5.74) is 1.02. The minimum absolute atomic E-state index is 0.0886. The van der Waals surface area contributed by atoms with Crippen LogP contribution in [0.4, 0.5) is 5.82 Å². The van der Waals surface area contributed by atoms with E-state index in [1.165, 1.54) is 32.7 Å². The van der Waals surface area contributed by atoms with E-state index in [2.05, 4.69) is 33.2 Å². The van der Waals surface area contributed by atoms with E-state index < -0.39 is 0 Å². The average Bonchev–Trinajstić information content (AvgIpc) is 3.36. The van der Waals surface area contributed by atoms with Crippen molar-refractivity contribution in [3.8, 4) is 11.3 Å². The lowest BCUT2D eigenvalue weighted by Gasteiger charge is -2.36. The van der Waals surface area contributed by atoms with E-state index in [4.69, 9.17) is 4.42 Å². The van der Waals surface area contributed by atoms with Crippen LogP contribution in [0.3, 0.4) is 0 Å². The van der Waals surface area contributed by atoms with E-state index in [0.717, 1.165) is 53.7 Å². The lowest BCUT2D eigenvalue weighted by Crippen LogP contribution is -2.46. The van der Waals surface area contributed by atoms with Gasteiger partial charge in [0.1, 0.15) is 11.6 Å². The van der Waals surface area contributed by atoms with E-state index >= 15 is 0 Å². The third kappa shape index (κ3) is 4.87. The van der Waals surface area contributed by atoms with E-state index in [-0.39, 0.29) is 11.8 Å². The zero-order valence-electron chi connectivity index (χ0n) is 18.8. The van der Waals surface area contributed by atoms with Gasteiger partial charge in [0.15, 0.2) is 0 Å². The fourth-order valence-corrected chi connectivity index (χ4v) is 5.04. The van der Waals surface area contributed by atoms with Gasteiger partial charge in [0.25, 0.3) is 0 Å². The lowest BCUT2D eigenvalue weighted by molar-refractivity contribution is -0.121. The predicted molar refractivity (Wildman–Crippen MR) is 127 cm³/mol. The highest BCUT2D eigenvalue weighted by molar-refractivity contribution is 5.94. The molecule has 1 N–H and O–H groups in total. The molecule has 168 valence electrons. The fourth-order valence-electron chi connectivity index (χ4n) is 5.04. The van der Waals surface area contributed by atoms with Crippen molar-refractivity contribution in [2.45, 2.75) is 25.7 Å². The number of nitrogens with zero attached hydrogens (tertiary/aromatic N) is 3. The molecule has 32 heavy (non-hydrogen) atoms. The molecule has 3 aromatic rings. The summed E-state index contributed by atoms with van der Waals surface area (Å²) in [6.45, 7) is 5.86. The number of rotatable bonds is 5. The molecule has 5 rings (SSSR count). The first kappa shape index (κ1) is 21.2. The van der Waals surface area contributed by atoms with Crippen LogP contribution in [0.25, 0.3) is 22.1 Å². The molecule has 1 saturated heterocycles. The molecule has 2 aromatic heterocycles. The summed E-state index contributed by atoms with van der Waals surface area (Å²) < 4.78 is 5.51. The van der Waals surface area contributed by atoms with E-state index in [1.54, 1.807) is 6.26 Å². The third-order valence-corrected chi connectivity index (χ3v) is 7.11. The van der Waals surface area contributed by atoms with Crippen molar-refractivity contribution in [1.82, 2.24) is 14.8 Å². The van der Waals surface area contributed by atoms with E-state index in [9.17, 15) is 4.79 Å². The number of benzene rings is 1. The second-order valence-electron chi connectivity index (χ2n) is 9.42. The number of hydrogen-bond donors (Lipinski definition) is 1. The number of carbonyl (C=O) groups excluding carboxylic acids is 1. The monoisotopic (exact) mass is 432 g/mol. The van der Waals surface area contributed by atoms with Crippen molar-refractivity contribution in [3.05, 3.63) is 48.9 Å². The molecule has 1 aromatic carbocycles. The number of amides is 1. The van der Waals surface area contributed by atoms with Crippen LogP contribution >= 0.6 is 0 Å². The SMILES string of the molecule is CN1CCN(CC2CCC(C(=O)Nc3cc4cc(-c5ccco5)ccc4cn3)CC2)CC1. The molecule has 0 bridgehead atoms. The summed E-state index contributed by atoms with van der Waals surface area (Å²) in [4.78, 5) is 22.4. The highest BCUT2D eigenvalue weighted by Crippen LogP contribution is 2.31. The molecule has 6 heteroatoms. The van der Waals surface area contributed by atoms with Gasteiger partial charge in [-0.05, 0) is 68.3 Å². The number of furan rings is 1. The Kier molecular flexibility index (Phi) is 6.23. The van der Waals surface area contributed by atoms with Crippen LogP contribution in [0.15, 0.2) is 53.3 Å². The van der Waals surface area contributed by atoms with Crippen molar-refractivity contribution in [3.63, 3.8) is 0 Å². The molecule has 6 nitrogen and oxygen atoms in total. The van der Waals surface area contributed by atoms with Crippen molar-refractivity contribution in [1.29, 1.82) is 0 Å². The van der Waals surface area contributed by atoms with Gasteiger partial charge in [0.2, 0.25) is 5.91 Å². The van der Waals surface area contributed by atoms with Crippen LogP contribution in [0, 0.1) is 11.8 Å². The van der Waals surface area contributed by atoms with Gasteiger partial charge in [-0.2, -0.15) is 0 Å². The van der Waals surface area contributed by atoms with Crippen LogP contribution in [-0.4, -0.2) is 60.5 Å². The Morgan fingerprint density at radius 3 is 2.62 bits per heavy atom. The molecular weight excluding hydrogens is 400 g/mol. The standard InChI is InChI=1S/C26H32N4O2/c1-29-10-12-30(13-11-29)18-19-4-6-20(7-5-19)26(31)28-25-16-23-15-21(24-3-2-14-32-24)8-9-22(23)17-27-25/h2-3,8-9,14-17,19-20H,4-7,10-13,18H2,1H3,(H,27,28,31). The molecule has 0 spiro atoms. The highest BCUT2D eigenvalue weighted by Gasteiger charge is 2.28. The van der Waals surface area contributed by atoms with Gasteiger partial charge < -0.3 is 19.5 Å². The van der Waals surface area contributed by atoms with Crippen LogP contribution in [0.2, 0.25) is 0 Å². The number of hydrogen-bond acceptors (Lipinski definition) is 5. The van der Waals surface area contributed by atoms with Gasteiger partial charge in [-0.3, -0.25) is 4.79 Å². The third-order valence-electron chi connectivity index (χ3n) is 7.11. The van der Waals surface area contributed by atoms with Gasteiger partial charge in [0.05, 0.1) is 6.26 Å². The van der Waals surface area contributed by atoms with E-state index in [0.29, 0.717) is 5.82 Å². The van der Waals surface area contributed by atoms with Crippen LogP contribution in [0.5, 0.6) is 0 Å². The second-order valence-corrected chi connectivity index (χ2v) is 9.42. The number of anilines is 1. The number of nitrogens with one attached hydrogen (secondary N) is 1. The van der Waals surface area contributed by atoms with Gasteiger partial charge in [-0.15, -0.1) is 0 Å². The second kappa shape index (κ2) is 9.43. The summed E-state index contributed by atoms with van der Waals surface area (Å²) in [5, 5.41) is 5.16. The van der Waals surface area contributed by atoms with Crippen molar-refractivity contribution < 1.29 is 9.21 Å². The number of fused-ring (bicyclic) bond motifs is 1. The molecule has 1 aliphatic carbocycles. The molecule has 0 unspecified atom stereocenters. The molecule has 1 saturated carbocycles. The highest BCUT2D eigenvalue weighted by atomic mass is 16.3. The van der Waals surface area contributed by atoms with Crippen LogP contribution in [0.1, 0.15) is 25.7 Å². The van der Waals surface area contributed by atoms with Crippen LogP contribution in [-0.2, 0) is 4.79 Å². The Bertz CT molecular complexity index is 1050. The molecular formula is C26H32N4O2. The number of aromatic nitrogens is 1. The normalized spacial score (nSPS) is 22.8. The Hall–Kier alpha value is -2.70. The summed E-state index contributed by atoms with van der Waals surface area (Å²) >= 11 is 0. The molecule has 1 aliphatic heterocycles. The number of piperazine rings is 1. The fraction of sp³-hybridized carbons (Fsp3) is 0.462. The van der Waals surface area contributed by atoms with Crippen molar-refractivity contribution in [2.75, 3.05) is 45.1 Å². The van der Waals surface area contributed by atoms with Crippen molar-refractivity contribution in [2.24, 2.45) is 11.8 Å². The Balaban J connectivity index is 1.17. The summed E-state index contributed by atoms with van der Waals surface area (Å²) in [5.74, 6) is 2.38. The number of pyridine rings is 1. The Labute approximate surface area is 189 Å². The largest absolute Gasteiger partial charge is 0.464 e. The average molecular weight is 433 g/mol. The zero-order chi connectivity index (χ0) is 21.9. The lowest BCUT2D eigenvalue weighted by atomic mass is 9.81. The Morgan fingerprint density at radius 1 is 1.06 bits per heavy atom. The van der Waals surface area contributed by atoms with Gasteiger partial charge >= 0.3 is 0 Å². The minimum Gasteiger partial charge on any atom is -0.464 e. The zero-order valence-corrected chi connectivity index (χ0v) is 18.8. The first-order valence-electron chi connectivity index (χ1n) is 11.8. The first-order chi connectivity index (χ1) is 15.6.